The summed E-state index contributed by atoms with van der Waals surface area (Å²) in [5.41, 5.74) is 0.935. The van der Waals surface area contributed by atoms with Gasteiger partial charge >= 0.3 is 10.3 Å². The van der Waals surface area contributed by atoms with Crippen molar-refractivity contribution in [1.29, 1.82) is 0 Å². The van der Waals surface area contributed by atoms with Crippen molar-refractivity contribution in [2.75, 3.05) is 26.2 Å². The zero-order valence-electron chi connectivity index (χ0n) is 10.4. The largest absolute Gasteiger partial charge is 0.340 e. The molecule has 1 heterocycles. The van der Waals surface area contributed by atoms with Crippen LogP contribution in [0.3, 0.4) is 0 Å². The second-order valence-electron chi connectivity index (χ2n) is 4.42. The van der Waals surface area contributed by atoms with E-state index >= 15 is 0 Å². The smallest absolute Gasteiger partial charge is 0.336 e. The van der Waals surface area contributed by atoms with Gasteiger partial charge in [0.15, 0.2) is 0 Å². The average Bonchev–Trinajstić information content (AvgIpc) is 2.39. The van der Waals surface area contributed by atoms with Crippen LogP contribution < -0.4 is 0 Å². The van der Waals surface area contributed by atoms with E-state index in [1.54, 1.807) is 4.90 Å². The maximum atomic E-state index is 12.0. The van der Waals surface area contributed by atoms with Crippen LogP contribution in [0.2, 0.25) is 0 Å². The molecule has 0 aliphatic carbocycles. The minimum absolute atomic E-state index is 0.0267. The fourth-order valence-electron chi connectivity index (χ4n) is 2.05. The first kappa shape index (κ1) is 14.0. The molecular formula is C12H16N2O4S. The highest BCUT2D eigenvalue weighted by Crippen LogP contribution is 2.08. The van der Waals surface area contributed by atoms with Gasteiger partial charge in [0.1, 0.15) is 0 Å². The van der Waals surface area contributed by atoms with E-state index in [4.69, 9.17) is 4.55 Å². The van der Waals surface area contributed by atoms with E-state index in [0.717, 1.165) is 9.87 Å². The minimum atomic E-state index is -4.14. The fraction of sp³-hybridized carbons (Fsp3) is 0.417. The molecule has 0 radical (unpaired) electrons. The summed E-state index contributed by atoms with van der Waals surface area (Å²) < 4.78 is 31.7. The van der Waals surface area contributed by atoms with Crippen molar-refractivity contribution < 1.29 is 17.8 Å². The van der Waals surface area contributed by atoms with Crippen molar-refractivity contribution >= 4 is 16.2 Å². The molecule has 1 aromatic rings. The van der Waals surface area contributed by atoms with Crippen LogP contribution in [0.15, 0.2) is 30.3 Å². The van der Waals surface area contributed by atoms with Gasteiger partial charge in [0.05, 0.1) is 6.42 Å². The van der Waals surface area contributed by atoms with Crippen LogP contribution in [0.5, 0.6) is 0 Å². The van der Waals surface area contributed by atoms with Gasteiger partial charge in [0.25, 0.3) is 0 Å². The number of amides is 1. The molecule has 0 atom stereocenters. The van der Waals surface area contributed by atoms with E-state index < -0.39 is 10.3 Å². The van der Waals surface area contributed by atoms with Gasteiger partial charge in [-0.3, -0.25) is 9.35 Å². The summed E-state index contributed by atoms with van der Waals surface area (Å²) in [6.07, 6.45) is 0.312. The van der Waals surface area contributed by atoms with Crippen molar-refractivity contribution in [2.24, 2.45) is 0 Å². The molecule has 0 aromatic heterocycles. The van der Waals surface area contributed by atoms with E-state index in [1.165, 1.54) is 0 Å². The van der Waals surface area contributed by atoms with Gasteiger partial charge in [-0.2, -0.15) is 12.7 Å². The third-order valence-corrected chi connectivity index (χ3v) is 4.13. The molecule has 1 N–H and O–H groups in total. The lowest BCUT2D eigenvalue weighted by molar-refractivity contribution is -0.131. The molecular weight excluding hydrogens is 268 g/mol. The van der Waals surface area contributed by atoms with Gasteiger partial charge in [0.2, 0.25) is 5.91 Å². The molecule has 0 saturated carbocycles. The first-order valence-electron chi connectivity index (χ1n) is 6.01. The van der Waals surface area contributed by atoms with Crippen molar-refractivity contribution in [3.8, 4) is 0 Å². The highest BCUT2D eigenvalue weighted by molar-refractivity contribution is 7.83. The van der Waals surface area contributed by atoms with Gasteiger partial charge in [0, 0.05) is 26.2 Å². The van der Waals surface area contributed by atoms with Crippen LogP contribution in [-0.4, -0.2) is 54.3 Å². The van der Waals surface area contributed by atoms with Crippen molar-refractivity contribution in [2.45, 2.75) is 6.42 Å². The van der Waals surface area contributed by atoms with Crippen LogP contribution in [0, 0.1) is 0 Å². The second-order valence-corrected chi connectivity index (χ2v) is 5.83. The lowest BCUT2D eigenvalue weighted by Gasteiger charge is -2.32. The zero-order valence-corrected chi connectivity index (χ0v) is 11.2. The predicted molar refractivity (Wildman–Crippen MR) is 69.8 cm³/mol. The topological polar surface area (TPSA) is 77.9 Å². The van der Waals surface area contributed by atoms with Gasteiger partial charge in [-0.25, -0.2) is 0 Å². The Balaban J connectivity index is 1.90. The Morgan fingerprint density at radius 2 is 1.68 bits per heavy atom. The Bertz CT molecular complexity index is 536. The quantitative estimate of drug-likeness (QED) is 0.803. The van der Waals surface area contributed by atoms with Crippen LogP contribution in [0.4, 0.5) is 0 Å². The summed E-state index contributed by atoms with van der Waals surface area (Å²) in [4.78, 5) is 13.6. The number of rotatable bonds is 3. The van der Waals surface area contributed by atoms with E-state index in [1.807, 2.05) is 30.3 Å². The molecule has 7 heteroatoms. The second kappa shape index (κ2) is 5.68. The molecule has 1 fully saturated rings. The van der Waals surface area contributed by atoms with E-state index in [-0.39, 0.29) is 19.0 Å². The summed E-state index contributed by atoms with van der Waals surface area (Å²) >= 11 is 0. The highest BCUT2D eigenvalue weighted by atomic mass is 32.2. The van der Waals surface area contributed by atoms with Gasteiger partial charge in [-0.1, -0.05) is 30.3 Å². The standard InChI is InChI=1S/C12H16N2O4S/c15-12(10-11-4-2-1-3-5-11)13-6-8-14(9-7-13)19(16,17)18/h1-5H,6-10H2,(H,16,17,18). The molecule has 0 unspecified atom stereocenters. The number of hydrogen-bond donors (Lipinski definition) is 1. The molecule has 6 nitrogen and oxygen atoms in total. The maximum absolute atomic E-state index is 12.0. The molecule has 0 spiro atoms. The number of hydrogen-bond acceptors (Lipinski definition) is 3. The summed E-state index contributed by atoms with van der Waals surface area (Å²) in [6.45, 7) is 0.898. The van der Waals surface area contributed by atoms with Crippen molar-refractivity contribution in [1.82, 2.24) is 9.21 Å². The number of nitrogens with zero attached hydrogens (tertiary/aromatic N) is 2. The van der Waals surface area contributed by atoms with Crippen LogP contribution >= 0.6 is 0 Å². The van der Waals surface area contributed by atoms with Crippen molar-refractivity contribution in [3.63, 3.8) is 0 Å². The Labute approximate surface area is 112 Å². The number of carbonyl (C=O) groups is 1. The van der Waals surface area contributed by atoms with E-state index in [9.17, 15) is 13.2 Å². The van der Waals surface area contributed by atoms with Crippen LogP contribution in [0.1, 0.15) is 5.56 Å². The lowest BCUT2D eigenvalue weighted by atomic mass is 10.1. The molecule has 19 heavy (non-hydrogen) atoms. The Morgan fingerprint density at radius 1 is 1.11 bits per heavy atom. The molecule has 1 saturated heterocycles. The first-order valence-corrected chi connectivity index (χ1v) is 7.41. The Kier molecular flexibility index (Phi) is 4.18. The Hall–Kier alpha value is -1.44. The van der Waals surface area contributed by atoms with E-state index in [0.29, 0.717) is 19.5 Å². The van der Waals surface area contributed by atoms with Crippen LogP contribution in [-0.2, 0) is 21.5 Å². The number of piperazine rings is 1. The van der Waals surface area contributed by atoms with Gasteiger partial charge in [-0.15, -0.1) is 0 Å². The number of carbonyl (C=O) groups excluding carboxylic acids is 1. The Morgan fingerprint density at radius 3 is 2.21 bits per heavy atom. The number of benzene rings is 1. The molecule has 1 amide bonds. The fourth-order valence-corrected chi connectivity index (χ4v) is 2.68. The molecule has 0 bridgehead atoms. The molecule has 1 aliphatic heterocycles. The predicted octanol–water partition coefficient (Wildman–Crippen LogP) is 0.176. The van der Waals surface area contributed by atoms with Gasteiger partial charge in [-0.05, 0) is 5.56 Å². The molecule has 1 aromatic carbocycles. The highest BCUT2D eigenvalue weighted by Gasteiger charge is 2.27. The van der Waals surface area contributed by atoms with E-state index in [2.05, 4.69) is 0 Å². The van der Waals surface area contributed by atoms with Crippen molar-refractivity contribution in [3.05, 3.63) is 35.9 Å². The van der Waals surface area contributed by atoms with Gasteiger partial charge < -0.3 is 4.90 Å². The summed E-state index contributed by atoms with van der Waals surface area (Å²) in [5, 5.41) is 0. The SMILES string of the molecule is O=C(Cc1ccccc1)N1CCN(S(=O)(=O)O)CC1. The molecule has 2 rings (SSSR count). The third-order valence-electron chi connectivity index (χ3n) is 3.12. The lowest BCUT2D eigenvalue weighted by Crippen LogP contribution is -2.50. The average molecular weight is 284 g/mol. The van der Waals surface area contributed by atoms with Crippen LogP contribution in [0.25, 0.3) is 0 Å². The normalized spacial score (nSPS) is 17.4. The maximum Gasteiger partial charge on any atom is 0.336 e. The summed E-state index contributed by atoms with van der Waals surface area (Å²) in [6, 6.07) is 9.40. The monoisotopic (exact) mass is 284 g/mol. The minimum Gasteiger partial charge on any atom is -0.340 e. The molecule has 104 valence electrons. The first-order chi connectivity index (χ1) is 8.97. The zero-order chi connectivity index (χ0) is 13.9. The summed E-state index contributed by atoms with van der Waals surface area (Å²) in [5.74, 6) is -0.0267. The summed E-state index contributed by atoms with van der Waals surface area (Å²) in [7, 11) is -4.14. The molecule has 1 aliphatic rings. The third kappa shape index (κ3) is 3.76.